The quantitative estimate of drug-likeness (QED) is 0.795. The molecule has 6 nitrogen and oxygen atoms in total. The molecule has 4 heterocycles. The second-order valence-corrected chi connectivity index (χ2v) is 8.65. The molecule has 2 aliphatic heterocycles. The van der Waals surface area contributed by atoms with Crippen molar-refractivity contribution in [2.24, 2.45) is 5.92 Å². The van der Waals surface area contributed by atoms with Gasteiger partial charge >= 0.3 is 0 Å². The van der Waals surface area contributed by atoms with E-state index in [0.717, 1.165) is 55.0 Å². The van der Waals surface area contributed by atoms with Crippen molar-refractivity contribution in [3.63, 3.8) is 0 Å². The molecule has 2 aromatic rings. The number of aryl methyl sites for hydroxylation is 1. The third-order valence-electron chi connectivity index (χ3n) is 5.62. The number of carbonyl (C=O) groups excluding carboxylic acids is 2. The predicted octanol–water partition coefficient (Wildman–Crippen LogP) is 3.38. The molecule has 148 valence electrons. The highest BCUT2D eigenvalue weighted by Crippen LogP contribution is 2.30. The Hall–Kier alpha value is -2.28. The van der Waals surface area contributed by atoms with E-state index in [9.17, 15) is 9.59 Å². The van der Waals surface area contributed by atoms with E-state index in [4.69, 9.17) is 0 Å². The Morgan fingerprint density at radius 1 is 1.11 bits per heavy atom. The van der Waals surface area contributed by atoms with E-state index < -0.39 is 0 Å². The second kappa shape index (κ2) is 8.39. The Kier molecular flexibility index (Phi) is 5.71. The Bertz CT molecular complexity index is 845. The SMILES string of the molecule is Cc1nc(-c2cccnc2)sc1C(=O)N1CCCC(C(=O)N2CCCCC2)C1. The summed E-state index contributed by atoms with van der Waals surface area (Å²) in [6, 6.07) is 3.82. The van der Waals surface area contributed by atoms with Crippen molar-refractivity contribution in [1.82, 2.24) is 19.8 Å². The summed E-state index contributed by atoms with van der Waals surface area (Å²) in [7, 11) is 0. The Balaban J connectivity index is 1.47. The van der Waals surface area contributed by atoms with E-state index in [1.54, 1.807) is 12.4 Å². The lowest BCUT2D eigenvalue weighted by Gasteiger charge is -2.36. The van der Waals surface area contributed by atoms with Gasteiger partial charge in [-0.05, 0) is 51.2 Å². The summed E-state index contributed by atoms with van der Waals surface area (Å²) in [5, 5.41) is 0.812. The lowest BCUT2D eigenvalue weighted by atomic mass is 9.95. The molecule has 0 N–H and O–H groups in total. The Morgan fingerprint density at radius 2 is 1.89 bits per heavy atom. The van der Waals surface area contributed by atoms with Crippen LogP contribution in [0.5, 0.6) is 0 Å². The number of aromatic nitrogens is 2. The van der Waals surface area contributed by atoms with Crippen LogP contribution in [0.4, 0.5) is 0 Å². The normalized spacial score (nSPS) is 20.2. The van der Waals surface area contributed by atoms with E-state index >= 15 is 0 Å². The first-order valence-electron chi connectivity index (χ1n) is 10.1. The van der Waals surface area contributed by atoms with Crippen molar-refractivity contribution in [3.8, 4) is 10.6 Å². The number of amides is 2. The predicted molar refractivity (Wildman–Crippen MR) is 109 cm³/mol. The minimum Gasteiger partial charge on any atom is -0.342 e. The van der Waals surface area contributed by atoms with E-state index in [0.29, 0.717) is 18.0 Å². The molecule has 1 atom stereocenters. The van der Waals surface area contributed by atoms with Gasteiger partial charge in [0, 0.05) is 44.1 Å². The number of pyridine rings is 1. The topological polar surface area (TPSA) is 66.4 Å². The molecule has 2 aromatic heterocycles. The summed E-state index contributed by atoms with van der Waals surface area (Å²) in [4.78, 5) is 39.3. The average Bonchev–Trinajstić information content (AvgIpc) is 3.15. The van der Waals surface area contributed by atoms with Crippen molar-refractivity contribution in [3.05, 3.63) is 35.1 Å². The molecule has 0 radical (unpaired) electrons. The van der Waals surface area contributed by atoms with Crippen molar-refractivity contribution in [1.29, 1.82) is 0 Å². The molecule has 0 spiro atoms. The van der Waals surface area contributed by atoms with E-state index in [2.05, 4.69) is 9.97 Å². The van der Waals surface area contributed by atoms with Gasteiger partial charge in [0.05, 0.1) is 11.6 Å². The fourth-order valence-corrected chi connectivity index (χ4v) is 5.11. The Morgan fingerprint density at radius 3 is 2.64 bits per heavy atom. The number of likely N-dealkylation sites (tertiary alicyclic amines) is 2. The van der Waals surface area contributed by atoms with Gasteiger partial charge < -0.3 is 9.80 Å². The fraction of sp³-hybridized carbons (Fsp3) is 0.524. The van der Waals surface area contributed by atoms with Crippen LogP contribution in [-0.4, -0.2) is 57.8 Å². The average molecular weight is 399 g/mol. The summed E-state index contributed by atoms with van der Waals surface area (Å²) in [6.07, 6.45) is 8.65. The summed E-state index contributed by atoms with van der Waals surface area (Å²) in [5.74, 6) is 0.164. The van der Waals surface area contributed by atoms with Gasteiger partial charge in [-0.3, -0.25) is 14.6 Å². The molecule has 7 heteroatoms. The van der Waals surface area contributed by atoms with Crippen molar-refractivity contribution < 1.29 is 9.59 Å². The first-order chi connectivity index (χ1) is 13.6. The summed E-state index contributed by atoms with van der Waals surface area (Å²) in [6.45, 7) is 4.84. The Labute approximate surface area is 169 Å². The van der Waals surface area contributed by atoms with Crippen LogP contribution >= 0.6 is 11.3 Å². The number of hydrogen-bond acceptors (Lipinski definition) is 5. The molecule has 4 rings (SSSR count). The van der Waals surface area contributed by atoms with Crippen LogP contribution in [0.3, 0.4) is 0 Å². The smallest absolute Gasteiger partial charge is 0.265 e. The second-order valence-electron chi connectivity index (χ2n) is 7.65. The molecular weight excluding hydrogens is 372 g/mol. The monoisotopic (exact) mass is 398 g/mol. The number of nitrogens with zero attached hydrogens (tertiary/aromatic N) is 4. The van der Waals surface area contributed by atoms with E-state index in [-0.39, 0.29) is 17.7 Å². The number of carbonyl (C=O) groups is 2. The fourth-order valence-electron chi connectivity index (χ4n) is 4.09. The number of thiazole rings is 1. The van der Waals surface area contributed by atoms with Crippen LogP contribution in [0.15, 0.2) is 24.5 Å². The van der Waals surface area contributed by atoms with E-state index in [1.165, 1.54) is 17.8 Å². The molecule has 0 aromatic carbocycles. The maximum atomic E-state index is 13.2. The third-order valence-corrected chi connectivity index (χ3v) is 6.82. The minimum absolute atomic E-state index is 0.00119. The van der Waals surface area contributed by atoms with Crippen LogP contribution in [0.25, 0.3) is 10.6 Å². The van der Waals surface area contributed by atoms with Crippen LogP contribution in [-0.2, 0) is 4.79 Å². The largest absolute Gasteiger partial charge is 0.342 e. The lowest BCUT2D eigenvalue weighted by molar-refractivity contribution is -0.137. The maximum Gasteiger partial charge on any atom is 0.265 e. The zero-order valence-electron chi connectivity index (χ0n) is 16.3. The first kappa shape index (κ1) is 19.1. The lowest BCUT2D eigenvalue weighted by Crippen LogP contribution is -2.47. The van der Waals surface area contributed by atoms with Crippen LogP contribution in [0.2, 0.25) is 0 Å². The van der Waals surface area contributed by atoms with Crippen molar-refractivity contribution >= 4 is 23.2 Å². The highest BCUT2D eigenvalue weighted by atomic mass is 32.1. The summed E-state index contributed by atoms with van der Waals surface area (Å²) < 4.78 is 0. The molecule has 2 amide bonds. The molecular formula is C21H26N4O2S. The van der Waals surface area contributed by atoms with Crippen LogP contribution < -0.4 is 0 Å². The van der Waals surface area contributed by atoms with Crippen LogP contribution in [0.1, 0.15) is 47.5 Å². The van der Waals surface area contributed by atoms with Gasteiger partial charge in [-0.2, -0.15) is 0 Å². The third kappa shape index (κ3) is 3.94. The van der Waals surface area contributed by atoms with Crippen LogP contribution in [0, 0.1) is 12.8 Å². The highest BCUT2D eigenvalue weighted by Gasteiger charge is 2.33. The van der Waals surface area contributed by atoms with Gasteiger partial charge in [0.25, 0.3) is 5.91 Å². The number of rotatable bonds is 3. The zero-order chi connectivity index (χ0) is 19.5. The molecule has 2 fully saturated rings. The van der Waals surface area contributed by atoms with Gasteiger partial charge in [0.2, 0.25) is 5.91 Å². The number of hydrogen-bond donors (Lipinski definition) is 0. The molecule has 1 unspecified atom stereocenters. The molecule has 2 saturated heterocycles. The summed E-state index contributed by atoms with van der Waals surface area (Å²) >= 11 is 1.41. The van der Waals surface area contributed by atoms with Gasteiger partial charge in [-0.15, -0.1) is 11.3 Å². The maximum absolute atomic E-state index is 13.2. The number of piperidine rings is 2. The van der Waals surface area contributed by atoms with Gasteiger partial charge in [-0.1, -0.05) is 0 Å². The van der Waals surface area contributed by atoms with Crippen molar-refractivity contribution in [2.45, 2.75) is 39.0 Å². The zero-order valence-corrected chi connectivity index (χ0v) is 17.1. The van der Waals surface area contributed by atoms with Crippen molar-refractivity contribution in [2.75, 3.05) is 26.2 Å². The molecule has 0 aliphatic carbocycles. The standard InChI is InChI=1S/C21H26N4O2S/c1-15-18(28-19(23-15)16-7-5-9-22-13-16)21(27)25-12-6-8-17(14-25)20(26)24-10-3-2-4-11-24/h5,7,9,13,17H,2-4,6,8,10-12,14H2,1H3. The van der Waals surface area contributed by atoms with E-state index in [1.807, 2.05) is 28.9 Å². The van der Waals surface area contributed by atoms with Gasteiger partial charge in [0.1, 0.15) is 9.88 Å². The van der Waals surface area contributed by atoms with Gasteiger partial charge in [0.15, 0.2) is 0 Å². The van der Waals surface area contributed by atoms with Gasteiger partial charge in [-0.25, -0.2) is 4.98 Å². The summed E-state index contributed by atoms with van der Waals surface area (Å²) in [5.41, 5.74) is 1.67. The first-order valence-corrected chi connectivity index (χ1v) is 10.9. The minimum atomic E-state index is -0.0678. The molecule has 0 bridgehead atoms. The highest BCUT2D eigenvalue weighted by molar-refractivity contribution is 7.17. The molecule has 28 heavy (non-hydrogen) atoms. The molecule has 0 saturated carbocycles. The molecule has 2 aliphatic rings.